The molecule has 0 bridgehead atoms. The fraction of sp³-hybridized carbons (Fsp3) is 0.429. The number of sulfone groups is 1. The maximum absolute atomic E-state index is 11.3. The van der Waals surface area contributed by atoms with Crippen molar-refractivity contribution in [1.82, 2.24) is 4.37 Å². The van der Waals surface area contributed by atoms with Crippen LogP contribution in [0.1, 0.15) is 16.6 Å². The predicted octanol–water partition coefficient (Wildman–Crippen LogP) is 0.306. The molecule has 6 nitrogen and oxygen atoms in total. The number of carbonyl (C=O) groups excluding carboxylic acids is 1. The van der Waals surface area contributed by atoms with Crippen molar-refractivity contribution in [2.45, 2.75) is 11.9 Å². The second-order valence-corrected chi connectivity index (χ2v) is 5.43. The van der Waals surface area contributed by atoms with E-state index in [1.807, 2.05) is 0 Å². The van der Waals surface area contributed by atoms with Gasteiger partial charge in [-0.15, -0.1) is 0 Å². The van der Waals surface area contributed by atoms with E-state index in [0.717, 1.165) is 17.8 Å². The van der Waals surface area contributed by atoms with Crippen LogP contribution >= 0.6 is 11.5 Å². The van der Waals surface area contributed by atoms with E-state index in [-0.39, 0.29) is 22.2 Å². The highest BCUT2D eigenvalue weighted by Gasteiger charge is 2.23. The van der Waals surface area contributed by atoms with Gasteiger partial charge in [0.2, 0.25) is 0 Å². The molecule has 0 aliphatic rings. The SMILES string of the molecule is CCOC(=O)c1snc(S(C)(=O)=O)c1N. The number of hydrogen-bond acceptors (Lipinski definition) is 7. The molecule has 1 aromatic rings. The van der Waals surface area contributed by atoms with Crippen LogP contribution in [0.3, 0.4) is 0 Å². The van der Waals surface area contributed by atoms with Gasteiger partial charge in [0, 0.05) is 6.26 Å². The van der Waals surface area contributed by atoms with Crippen LogP contribution in [0.15, 0.2) is 5.03 Å². The van der Waals surface area contributed by atoms with E-state index in [1.165, 1.54) is 0 Å². The summed E-state index contributed by atoms with van der Waals surface area (Å²) >= 11 is 0.722. The van der Waals surface area contributed by atoms with E-state index in [9.17, 15) is 13.2 Å². The van der Waals surface area contributed by atoms with Gasteiger partial charge >= 0.3 is 5.97 Å². The Morgan fingerprint density at radius 3 is 2.60 bits per heavy atom. The number of anilines is 1. The number of esters is 1. The Hall–Kier alpha value is -1.15. The number of nitrogens with two attached hydrogens (primary N) is 1. The van der Waals surface area contributed by atoms with Gasteiger partial charge in [-0.2, -0.15) is 4.37 Å². The fourth-order valence-electron chi connectivity index (χ4n) is 0.894. The average molecular weight is 250 g/mol. The molecule has 0 saturated heterocycles. The summed E-state index contributed by atoms with van der Waals surface area (Å²) in [6.07, 6.45) is 0.980. The highest BCUT2D eigenvalue weighted by molar-refractivity contribution is 7.90. The Kier molecular flexibility index (Phi) is 3.30. The zero-order valence-electron chi connectivity index (χ0n) is 8.18. The first-order chi connectivity index (χ1) is 6.88. The minimum Gasteiger partial charge on any atom is -0.462 e. The normalized spacial score (nSPS) is 11.3. The third-order valence-electron chi connectivity index (χ3n) is 1.51. The Morgan fingerprint density at radius 2 is 2.20 bits per heavy atom. The van der Waals surface area contributed by atoms with Crippen LogP contribution in [0.4, 0.5) is 5.69 Å². The third kappa shape index (κ3) is 2.45. The van der Waals surface area contributed by atoms with Gasteiger partial charge in [0.25, 0.3) is 0 Å². The van der Waals surface area contributed by atoms with Gasteiger partial charge in [0.05, 0.1) is 12.3 Å². The first kappa shape index (κ1) is 11.9. The summed E-state index contributed by atoms with van der Waals surface area (Å²) in [5, 5.41) is -0.268. The molecule has 0 radical (unpaired) electrons. The summed E-state index contributed by atoms with van der Waals surface area (Å²) in [5.74, 6) is -0.651. The zero-order valence-corrected chi connectivity index (χ0v) is 9.81. The fourth-order valence-corrected chi connectivity index (χ4v) is 2.71. The molecule has 8 heteroatoms. The van der Waals surface area contributed by atoms with E-state index < -0.39 is 15.8 Å². The minimum absolute atomic E-state index is 0.0253. The largest absolute Gasteiger partial charge is 0.462 e. The number of nitrogen functional groups attached to an aromatic ring is 1. The van der Waals surface area contributed by atoms with Crippen molar-refractivity contribution in [2.75, 3.05) is 18.6 Å². The van der Waals surface area contributed by atoms with E-state index >= 15 is 0 Å². The molecule has 1 heterocycles. The van der Waals surface area contributed by atoms with E-state index in [0.29, 0.717) is 0 Å². The lowest BCUT2D eigenvalue weighted by Crippen LogP contribution is -2.07. The van der Waals surface area contributed by atoms with E-state index in [1.54, 1.807) is 6.92 Å². The van der Waals surface area contributed by atoms with Crippen LogP contribution in [0.5, 0.6) is 0 Å². The molecule has 84 valence electrons. The van der Waals surface area contributed by atoms with Crippen LogP contribution < -0.4 is 5.73 Å². The number of nitrogens with zero attached hydrogens (tertiary/aromatic N) is 1. The van der Waals surface area contributed by atoms with Gasteiger partial charge in [0.1, 0.15) is 0 Å². The second-order valence-electron chi connectivity index (χ2n) is 2.72. The molecular weight excluding hydrogens is 240 g/mol. The summed E-state index contributed by atoms with van der Waals surface area (Å²) in [7, 11) is -3.49. The predicted molar refractivity (Wildman–Crippen MR) is 55.6 cm³/mol. The lowest BCUT2D eigenvalue weighted by molar-refractivity contribution is 0.0533. The molecule has 15 heavy (non-hydrogen) atoms. The van der Waals surface area contributed by atoms with Gasteiger partial charge in [0.15, 0.2) is 19.7 Å². The van der Waals surface area contributed by atoms with Gasteiger partial charge in [-0.25, -0.2) is 13.2 Å². The Morgan fingerprint density at radius 1 is 1.60 bits per heavy atom. The highest BCUT2D eigenvalue weighted by Crippen LogP contribution is 2.25. The summed E-state index contributed by atoms with van der Waals surface area (Å²) < 4.78 is 30.6. The maximum Gasteiger partial charge on any atom is 0.352 e. The molecule has 0 spiro atoms. The van der Waals surface area contributed by atoms with Crippen molar-refractivity contribution in [3.8, 4) is 0 Å². The molecule has 0 aromatic carbocycles. The average Bonchev–Trinajstić information content (AvgIpc) is 2.46. The lowest BCUT2D eigenvalue weighted by atomic mass is 10.4. The second kappa shape index (κ2) is 4.15. The van der Waals surface area contributed by atoms with Crippen molar-refractivity contribution in [3.05, 3.63) is 4.88 Å². The molecule has 0 saturated carbocycles. The number of ether oxygens (including phenoxy) is 1. The molecule has 2 N–H and O–H groups in total. The third-order valence-corrected chi connectivity index (χ3v) is 3.48. The molecule has 0 aliphatic heterocycles. The first-order valence-corrected chi connectivity index (χ1v) is 6.66. The van der Waals surface area contributed by atoms with Crippen LogP contribution in [0.2, 0.25) is 0 Å². The van der Waals surface area contributed by atoms with Gasteiger partial charge in [-0.1, -0.05) is 0 Å². The summed E-state index contributed by atoms with van der Waals surface area (Å²) in [6.45, 7) is 1.84. The minimum atomic E-state index is -3.49. The quantitative estimate of drug-likeness (QED) is 0.775. The maximum atomic E-state index is 11.3. The number of rotatable bonds is 3. The Labute approximate surface area is 91.1 Å². The monoisotopic (exact) mass is 250 g/mol. The standard InChI is InChI=1S/C7H10N2O4S2/c1-3-13-7(10)5-4(8)6(9-14-5)15(2,11)12/h3,8H2,1-2H3. The lowest BCUT2D eigenvalue weighted by Gasteiger charge is -1.99. The van der Waals surface area contributed by atoms with E-state index in [2.05, 4.69) is 4.37 Å². The molecule has 0 unspecified atom stereocenters. The van der Waals surface area contributed by atoms with Crippen molar-refractivity contribution in [1.29, 1.82) is 0 Å². The van der Waals surface area contributed by atoms with Crippen LogP contribution in [0.25, 0.3) is 0 Å². The summed E-state index contributed by atoms with van der Waals surface area (Å²) in [6, 6.07) is 0. The topological polar surface area (TPSA) is 99.3 Å². The van der Waals surface area contributed by atoms with Gasteiger partial charge in [-0.05, 0) is 18.5 Å². The highest BCUT2D eigenvalue weighted by atomic mass is 32.2. The summed E-state index contributed by atoms with van der Waals surface area (Å²) in [4.78, 5) is 11.3. The number of hydrogen-bond donors (Lipinski definition) is 1. The Bertz CT molecular complexity index is 477. The van der Waals surface area contributed by atoms with Crippen LogP contribution in [-0.2, 0) is 14.6 Å². The van der Waals surface area contributed by atoms with Crippen LogP contribution in [0, 0.1) is 0 Å². The van der Waals surface area contributed by atoms with Crippen molar-refractivity contribution >= 4 is 33.0 Å². The first-order valence-electron chi connectivity index (χ1n) is 4.00. The summed E-state index contributed by atoms with van der Waals surface area (Å²) in [5.41, 5.74) is 5.35. The molecule has 0 amide bonds. The van der Waals surface area contributed by atoms with Gasteiger partial charge in [-0.3, -0.25) is 0 Å². The molecule has 1 aromatic heterocycles. The number of carbonyl (C=O) groups is 1. The molecular formula is C7H10N2O4S2. The molecule has 0 fully saturated rings. The Balaban J connectivity index is 3.16. The van der Waals surface area contributed by atoms with Crippen LogP contribution in [-0.4, -0.2) is 31.6 Å². The van der Waals surface area contributed by atoms with E-state index in [4.69, 9.17) is 10.5 Å². The van der Waals surface area contributed by atoms with Gasteiger partial charge < -0.3 is 10.5 Å². The van der Waals surface area contributed by atoms with Crippen molar-refractivity contribution < 1.29 is 17.9 Å². The van der Waals surface area contributed by atoms with Crippen molar-refractivity contribution in [3.63, 3.8) is 0 Å². The molecule has 0 aliphatic carbocycles. The zero-order chi connectivity index (χ0) is 11.6. The van der Waals surface area contributed by atoms with Crippen molar-refractivity contribution in [2.24, 2.45) is 0 Å². The number of aromatic nitrogens is 1. The smallest absolute Gasteiger partial charge is 0.352 e. The molecule has 1 rings (SSSR count). The molecule has 0 atom stereocenters.